The molecule has 0 spiro atoms. The van der Waals surface area contributed by atoms with Crippen molar-refractivity contribution in [1.29, 1.82) is 0 Å². The first-order valence-electron chi connectivity index (χ1n) is 8.01. The van der Waals surface area contributed by atoms with E-state index in [0.29, 0.717) is 5.13 Å². The lowest BCUT2D eigenvalue weighted by Crippen LogP contribution is -2.52. The van der Waals surface area contributed by atoms with E-state index in [2.05, 4.69) is 26.2 Å². The van der Waals surface area contributed by atoms with Gasteiger partial charge in [0.05, 0.1) is 13.2 Å². The molecule has 128 valence electrons. The van der Waals surface area contributed by atoms with Crippen molar-refractivity contribution in [2.24, 2.45) is 0 Å². The normalized spacial score (nSPS) is 16.7. The molecule has 1 aliphatic heterocycles. The molecule has 24 heavy (non-hydrogen) atoms. The molecule has 0 bridgehead atoms. The standard InChI is InChI=1S/C17H22N4O2S/c1-13(16(22)19-17-18-6-11-24-17)20-7-9-21(10-8-20)14-4-3-5-15(12-14)23-2/h3-6,11-13H,7-10H2,1-2H3,(H,18,19,22)/t13-/m1/s1. The summed E-state index contributed by atoms with van der Waals surface area (Å²) in [5.74, 6) is 0.867. The quantitative estimate of drug-likeness (QED) is 0.900. The predicted octanol–water partition coefficient (Wildman–Crippen LogP) is 2.30. The Morgan fingerprint density at radius 2 is 2.12 bits per heavy atom. The summed E-state index contributed by atoms with van der Waals surface area (Å²) in [5.41, 5.74) is 1.16. The molecule has 1 atom stereocenters. The average molecular weight is 346 g/mol. The van der Waals surface area contributed by atoms with Gasteiger partial charge in [-0.2, -0.15) is 0 Å². The number of nitrogens with zero attached hydrogens (tertiary/aromatic N) is 3. The van der Waals surface area contributed by atoms with Gasteiger partial charge < -0.3 is 15.0 Å². The molecule has 7 heteroatoms. The Morgan fingerprint density at radius 3 is 2.79 bits per heavy atom. The summed E-state index contributed by atoms with van der Waals surface area (Å²) in [6.45, 7) is 5.43. The molecule has 2 aromatic rings. The molecule has 0 aliphatic carbocycles. The van der Waals surface area contributed by atoms with Crippen LogP contribution in [-0.4, -0.2) is 55.1 Å². The fourth-order valence-corrected chi connectivity index (χ4v) is 3.37. The molecule has 0 radical (unpaired) electrons. The largest absolute Gasteiger partial charge is 0.497 e. The topological polar surface area (TPSA) is 57.7 Å². The van der Waals surface area contributed by atoms with Crippen LogP contribution in [0.5, 0.6) is 5.75 Å². The molecule has 1 aromatic heterocycles. The van der Waals surface area contributed by atoms with Crippen molar-refractivity contribution in [3.05, 3.63) is 35.8 Å². The second-order valence-corrected chi connectivity index (χ2v) is 6.62. The van der Waals surface area contributed by atoms with E-state index in [1.165, 1.54) is 11.3 Å². The van der Waals surface area contributed by atoms with Crippen molar-refractivity contribution in [2.75, 3.05) is 43.5 Å². The first-order chi connectivity index (χ1) is 11.7. The highest BCUT2D eigenvalue weighted by Crippen LogP contribution is 2.22. The maximum absolute atomic E-state index is 12.3. The number of thiazole rings is 1. The maximum atomic E-state index is 12.3. The second-order valence-electron chi connectivity index (χ2n) is 5.73. The summed E-state index contributed by atoms with van der Waals surface area (Å²) in [7, 11) is 1.68. The van der Waals surface area contributed by atoms with E-state index < -0.39 is 0 Å². The number of carbonyl (C=O) groups is 1. The highest BCUT2D eigenvalue weighted by Gasteiger charge is 2.26. The molecule has 0 unspecified atom stereocenters. The lowest BCUT2D eigenvalue weighted by molar-refractivity contribution is -0.120. The molecule has 1 amide bonds. The molecular formula is C17H22N4O2S. The summed E-state index contributed by atoms with van der Waals surface area (Å²) in [6, 6.07) is 7.93. The number of anilines is 2. The van der Waals surface area contributed by atoms with Crippen LogP contribution in [0.3, 0.4) is 0 Å². The van der Waals surface area contributed by atoms with Gasteiger partial charge in [-0.3, -0.25) is 9.69 Å². The monoisotopic (exact) mass is 346 g/mol. The molecule has 1 fully saturated rings. The van der Waals surface area contributed by atoms with E-state index >= 15 is 0 Å². The minimum Gasteiger partial charge on any atom is -0.497 e. The van der Waals surface area contributed by atoms with Crippen LogP contribution in [0.15, 0.2) is 35.8 Å². The number of ether oxygens (including phenoxy) is 1. The van der Waals surface area contributed by atoms with E-state index in [9.17, 15) is 4.79 Å². The van der Waals surface area contributed by atoms with Crippen LogP contribution >= 0.6 is 11.3 Å². The fourth-order valence-electron chi connectivity index (χ4n) is 2.84. The number of methoxy groups -OCH3 is 1. The zero-order valence-electron chi connectivity index (χ0n) is 13.9. The lowest BCUT2D eigenvalue weighted by atomic mass is 10.2. The second kappa shape index (κ2) is 7.63. The van der Waals surface area contributed by atoms with E-state index in [-0.39, 0.29) is 11.9 Å². The number of hydrogen-bond donors (Lipinski definition) is 1. The predicted molar refractivity (Wildman–Crippen MR) is 97.0 cm³/mol. The van der Waals surface area contributed by atoms with Crippen molar-refractivity contribution in [2.45, 2.75) is 13.0 Å². The van der Waals surface area contributed by atoms with E-state index in [0.717, 1.165) is 37.6 Å². The number of rotatable bonds is 5. The number of nitrogens with one attached hydrogen (secondary N) is 1. The highest BCUT2D eigenvalue weighted by atomic mass is 32.1. The third kappa shape index (κ3) is 3.85. The Kier molecular flexibility index (Phi) is 5.32. The van der Waals surface area contributed by atoms with Gasteiger partial charge in [0.2, 0.25) is 5.91 Å². The summed E-state index contributed by atoms with van der Waals surface area (Å²) in [5, 5.41) is 5.38. The Balaban J connectivity index is 1.55. The van der Waals surface area contributed by atoms with E-state index in [4.69, 9.17) is 4.74 Å². The average Bonchev–Trinajstić information content (AvgIpc) is 3.14. The van der Waals surface area contributed by atoms with Gasteiger partial charge in [-0.05, 0) is 19.1 Å². The van der Waals surface area contributed by atoms with Gasteiger partial charge in [0, 0.05) is 49.5 Å². The lowest BCUT2D eigenvalue weighted by Gasteiger charge is -2.38. The SMILES string of the molecule is COc1cccc(N2CCN([C@H](C)C(=O)Nc3nccs3)CC2)c1. The van der Waals surface area contributed by atoms with Gasteiger partial charge in [0.25, 0.3) is 0 Å². The molecular weight excluding hydrogens is 324 g/mol. The molecule has 6 nitrogen and oxygen atoms in total. The Hall–Kier alpha value is -2.12. The Morgan fingerprint density at radius 1 is 1.33 bits per heavy atom. The molecule has 1 N–H and O–H groups in total. The fraction of sp³-hybridized carbons (Fsp3) is 0.412. The third-order valence-corrected chi connectivity index (χ3v) is 5.01. The van der Waals surface area contributed by atoms with Crippen LogP contribution in [-0.2, 0) is 4.79 Å². The first-order valence-corrected chi connectivity index (χ1v) is 8.89. The third-order valence-electron chi connectivity index (χ3n) is 4.32. The molecule has 0 saturated carbocycles. The van der Waals surface area contributed by atoms with Crippen LogP contribution in [0.4, 0.5) is 10.8 Å². The number of hydrogen-bond acceptors (Lipinski definition) is 6. The van der Waals surface area contributed by atoms with E-state index in [1.54, 1.807) is 13.3 Å². The van der Waals surface area contributed by atoms with Crippen LogP contribution in [0.25, 0.3) is 0 Å². The summed E-state index contributed by atoms with van der Waals surface area (Å²) >= 11 is 1.43. The van der Waals surface area contributed by atoms with Gasteiger partial charge in [-0.1, -0.05) is 6.07 Å². The molecule has 1 aromatic carbocycles. The highest BCUT2D eigenvalue weighted by molar-refractivity contribution is 7.13. The van der Waals surface area contributed by atoms with Gasteiger partial charge in [-0.15, -0.1) is 11.3 Å². The van der Waals surface area contributed by atoms with Crippen molar-refractivity contribution in [3.63, 3.8) is 0 Å². The van der Waals surface area contributed by atoms with Crippen LogP contribution in [0, 0.1) is 0 Å². The zero-order chi connectivity index (χ0) is 16.9. The Bertz CT molecular complexity index is 669. The summed E-state index contributed by atoms with van der Waals surface area (Å²) in [6.07, 6.45) is 1.69. The maximum Gasteiger partial charge on any atom is 0.243 e. The summed E-state index contributed by atoms with van der Waals surface area (Å²) < 4.78 is 5.29. The molecule has 1 saturated heterocycles. The zero-order valence-corrected chi connectivity index (χ0v) is 14.8. The smallest absolute Gasteiger partial charge is 0.243 e. The minimum absolute atomic E-state index is 0.000203. The van der Waals surface area contributed by atoms with Crippen LogP contribution in [0.1, 0.15) is 6.92 Å². The van der Waals surface area contributed by atoms with Crippen molar-refractivity contribution in [1.82, 2.24) is 9.88 Å². The van der Waals surface area contributed by atoms with Crippen molar-refractivity contribution in [3.8, 4) is 5.75 Å². The summed E-state index contributed by atoms with van der Waals surface area (Å²) in [4.78, 5) is 21.0. The Labute approximate surface area is 146 Å². The molecule has 3 rings (SSSR count). The van der Waals surface area contributed by atoms with Gasteiger partial charge >= 0.3 is 0 Å². The van der Waals surface area contributed by atoms with Gasteiger partial charge in [-0.25, -0.2) is 4.98 Å². The van der Waals surface area contributed by atoms with Gasteiger partial charge in [0.15, 0.2) is 5.13 Å². The van der Waals surface area contributed by atoms with Crippen molar-refractivity contribution >= 4 is 28.1 Å². The van der Waals surface area contributed by atoms with Crippen LogP contribution < -0.4 is 15.0 Å². The number of aromatic nitrogens is 1. The van der Waals surface area contributed by atoms with Crippen LogP contribution in [0.2, 0.25) is 0 Å². The number of amides is 1. The molecule has 1 aliphatic rings. The number of carbonyl (C=O) groups excluding carboxylic acids is 1. The van der Waals surface area contributed by atoms with E-state index in [1.807, 2.05) is 30.5 Å². The molecule has 2 heterocycles. The minimum atomic E-state index is -0.165. The van der Waals surface area contributed by atoms with Crippen molar-refractivity contribution < 1.29 is 9.53 Å². The first kappa shape index (κ1) is 16.7. The number of piperazine rings is 1. The van der Waals surface area contributed by atoms with Gasteiger partial charge in [0.1, 0.15) is 5.75 Å². The number of benzene rings is 1.